The second kappa shape index (κ2) is 6.40. The van der Waals surface area contributed by atoms with Crippen LogP contribution in [0.5, 0.6) is 5.88 Å². The van der Waals surface area contributed by atoms with Gasteiger partial charge in [0.2, 0.25) is 5.88 Å². The number of hydrogen-bond donors (Lipinski definition) is 2. The van der Waals surface area contributed by atoms with E-state index in [2.05, 4.69) is 37.1 Å². The van der Waals surface area contributed by atoms with E-state index in [9.17, 15) is 0 Å². The highest BCUT2D eigenvalue weighted by molar-refractivity contribution is 5.36. The molecule has 0 amide bonds. The van der Waals surface area contributed by atoms with Crippen LogP contribution in [0.1, 0.15) is 70.0 Å². The lowest BCUT2D eigenvalue weighted by Crippen LogP contribution is -2.49. The molecule has 0 bridgehead atoms. The van der Waals surface area contributed by atoms with Crippen molar-refractivity contribution in [3.8, 4) is 5.88 Å². The predicted octanol–water partition coefficient (Wildman–Crippen LogP) is 3.35. The molecule has 2 aliphatic rings. The minimum atomic E-state index is 0.0337. The summed E-state index contributed by atoms with van der Waals surface area (Å²) in [5, 5.41) is 3.69. The third-order valence-corrected chi connectivity index (χ3v) is 4.97. The van der Waals surface area contributed by atoms with Crippen molar-refractivity contribution in [3.63, 3.8) is 0 Å². The van der Waals surface area contributed by atoms with Crippen LogP contribution in [0.25, 0.3) is 0 Å². The molecule has 3 N–H and O–H groups in total. The van der Waals surface area contributed by atoms with Crippen LogP contribution in [0.4, 0.5) is 0 Å². The summed E-state index contributed by atoms with van der Waals surface area (Å²) in [7, 11) is 0. The molecule has 0 aromatic carbocycles. The molecule has 1 unspecified atom stereocenters. The van der Waals surface area contributed by atoms with Crippen molar-refractivity contribution in [1.82, 2.24) is 10.3 Å². The number of pyridine rings is 1. The van der Waals surface area contributed by atoms with Gasteiger partial charge < -0.3 is 15.8 Å². The molecular formula is C19H31N3O. The van der Waals surface area contributed by atoms with Crippen LogP contribution in [0.15, 0.2) is 12.3 Å². The van der Waals surface area contributed by atoms with Crippen molar-refractivity contribution in [2.75, 3.05) is 13.1 Å². The monoisotopic (exact) mass is 317 g/mol. The minimum Gasteiger partial charge on any atom is -0.471 e. The molecule has 1 spiro atoms. The van der Waals surface area contributed by atoms with Crippen LogP contribution >= 0.6 is 0 Å². The topological polar surface area (TPSA) is 60.2 Å². The van der Waals surface area contributed by atoms with E-state index < -0.39 is 0 Å². The predicted molar refractivity (Wildman–Crippen MR) is 93.6 cm³/mol. The van der Waals surface area contributed by atoms with E-state index in [-0.39, 0.29) is 11.0 Å². The molecule has 0 saturated heterocycles. The lowest BCUT2D eigenvalue weighted by atomic mass is 9.73. The standard InChI is InChI=1S/C19H31N3O/c1-18(2,3)11-14-10-15-16(21-9-5-8-20)12-19(6-4-7-19)23-17(15)22-13-14/h10,13,16,21H,4-9,11-12,20H2,1-3H3. The van der Waals surface area contributed by atoms with Gasteiger partial charge in [-0.15, -0.1) is 0 Å². The van der Waals surface area contributed by atoms with Gasteiger partial charge in [-0.1, -0.05) is 20.8 Å². The summed E-state index contributed by atoms with van der Waals surface area (Å²) in [6, 6.07) is 2.65. The number of ether oxygens (including phenoxy) is 1. The second-order valence-corrected chi connectivity index (χ2v) is 8.47. The lowest BCUT2D eigenvalue weighted by molar-refractivity contribution is -0.0408. The van der Waals surface area contributed by atoms with Gasteiger partial charge >= 0.3 is 0 Å². The van der Waals surface area contributed by atoms with Gasteiger partial charge in [-0.2, -0.15) is 0 Å². The minimum absolute atomic E-state index is 0.0337. The second-order valence-electron chi connectivity index (χ2n) is 8.47. The van der Waals surface area contributed by atoms with Gasteiger partial charge in [0.1, 0.15) is 5.60 Å². The first-order chi connectivity index (χ1) is 10.9. The Bertz CT molecular complexity index is 546. The fourth-order valence-electron chi connectivity index (χ4n) is 3.73. The number of nitrogens with one attached hydrogen (secondary N) is 1. The third kappa shape index (κ3) is 3.86. The number of fused-ring (bicyclic) bond motifs is 1. The third-order valence-electron chi connectivity index (χ3n) is 4.97. The SMILES string of the molecule is CC(C)(C)Cc1cnc2c(c1)C(NCCCN)CC1(CCC1)O2. The van der Waals surface area contributed by atoms with Crippen molar-refractivity contribution in [1.29, 1.82) is 0 Å². The summed E-state index contributed by atoms with van der Waals surface area (Å²) in [5.74, 6) is 0.846. The van der Waals surface area contributed by atoms with Gasteiger partial charge in [-0.05, 0) is 62.2 Å². The number of aromatic nitrogens is 1. The Hall–Kier alpha value is -1.13. The summed E-state index contributed by atoms with van der Waals surface area (Å²) in [6.07, 6.45) is 8.69. The van der Waals surface area contributed by atoms with Gasteiger partial charge in [0, 0.05) is 24.2 Å². The first-order valence-corrected chi connectivity index (χ1v) is 9.02. The molecule has 1 aliphatic carbocycles. The summed E-state index contributed by atoms with van der Waals surface area (Å²) in [5.41, 5.74) is 8.48. The molecular weight excluding hydrogens is 286 g/mol. The Morgan fingerprint density at radius 3 is 2.78 bits per heavy atom. The zero-order valence-electron chi connectivity index (χ0n) is 14.8. The van der Waals surface area contributed by atoms with E-state index in [0.29, 0.717) is 6.04 Å². The molecule has 3 rings (SSSR count). The normalized spacial score (nSPS) is 22.3. The molecule has 0 radical (unpaired) electrons. The maximum atomic E-state index is 6.30. The van der Waals surface area contributed by atoms with Crippen molar-refractivity contribution >= 4 is 0 Å². The van der Waals surface area contributed by atoms with Crippen LogP contribution in [0.2, 0.25) is 0 Å². The first kappa shape index (κ1) is 16.7. The highest BCUT2D eigenvalue weighted by Gasteiger charge is 2.46. The van der Waals surface area contributed by atoms with Crippen LogP contribution in [0, 0.1) is 5.41 Å². The van der Waals surface area contributed by atoms with Crippen molar-refractivity contribution in [2.45, 2.75) is 70.9 Å². The van der Waals surface area contributed by atoms with E-state index in [1.54, 1.807) is 0 Å². The molecule has 4 heteroatoms. The summed E-state index contributed by atoms with van der Waals surface area (Å²) in [6.45, 7) is 8.49. The first-order valence-electron chi connectivity index (χ1n) is 9.02. The van der Waals surface area contributed by atoms with Gasteiger partial charge in [0.25, 0.3) is 0 Å². The van der Waals surface area contributed by atoms with Crippen LogP contribution in [-0.2, 0) is 6.42 Å². The summed E-state index contributed by atoms with van der Waals surface area (Å²) in [4.78, 5) is 4.67. The van der Waals surface area contributed by atoms with E-state index in [1.165, 1.54) is 17.5 Å². The Balaban J connectivity index is 1.83. The quantitative estimate of drug-likeness (QED) is 0.818. The maximum absolute atomic E-state index is 6.30. The average molecular weight is 317 g/mol. The fraction of sp³-hybridized carbons (Fsp3) is 0.737. The van der Waals surface area contributed by atoms with Crippen LogP contribution < -0.4 is 15.8 Å². The molecule has 128 valence electrons. The Morgan fingerprint density at radius 1 is 1.39 bits per heavy atom. The van der Waals surface area contributed by atoms with Gasteiger partial charge in [0.15, 0.2) is 0 Å². The van der Waals surface area contributed by atoms with E-state index >= 15 is 0 Å². The molecule has 1 fully saturated rings. The summed E-state index contributed by atoms with van der Waals surface area (Å²) < 4.78 is 6.30. The van der Waals surface area contributed by atoms with E-state index in [0.717, 1.165) is 51.1 Å². The van der Waals surface area contributed by atoms with Gasteiger partial charge in [0.05, 0.1) is 0 Å². The number of nitrogens with zero attached hydrogens (tertiary/aromatic N) is 1. The Kier molecular flexibility index (Phi) is 4.65. The summed E-state index contributed by atoms with van der Waals surface area (Å²) >= 11 is 0. The largest absolute Gasteiger partial charge is 0.471 e. The molecule has 1 aliphatic heterocycles. The molecule has 1 aromatic heterocycles. The smallest absolute Gasteiger partial charge is 0.218 e. The van der Waals surface area contributed by atoms with Crippen molar-refractivity contribution < 1.29 is 4.74 Å². The maximum Gasteiger partial charge on any atom is 0.218 e. The van der Waals surface area contributed by atoms with Crippen LogP contribution in [0.3, 0.4) is 0 Å². The highest BCUT2D eigenvalue weighted by Crippen LogP contribution is 2.48. The molecule has 23 heavy (non-hydrogen) atoms. The van der Waals surface area contributed by atoms with Gasteiger partial charge in [-0.3, -0.25) is 0 Å². The fourth-order valence-corrected chi connectivity index (χ4v) is 3.73. The zero-order chi connectivity index (χ0) is 16.5. The van der Waals surface area contributed by atoms with Crippen LogP contribution in [-0.4, -0.2) is 23.7 Å². The number of hydrogen-bond acceptors (Lipinski definition) is 4. The van der Waals surface area contributed by atoms with Crippen molar-refractivity contribution in [3.05, 3.63) is 23.4 Å². The molecule has 1 aromatic rings. The molecule has 2 heterocycles. The lowest BCUT2D eigenvalue weighted by Gasteiger charge is -2.47. The molecule has 4 nitrogen and oxygen atoms in total. The number of rotatable bonds is 5. The highest BCUT2D eigenvalue weighted by atomic mass is 16.5. The Labute approximate surface area is 140 Å². The Morgan fingerprint density at radius 2 is 2.17 bits per heavy atom. The van der Waals surface area contributed by atoms with E-state index in [1.807, 2.05) is 6.20 Å². The molecule has 1 saturated carbocycles. The van der Waals surface area contributed by atoms with E-state index in [4.69, 9.17) is 10.5 Å². The average Bonchev–Trinajstić information content (AvgIpc) is 2.44. The zero-order valence-corrected chi connectivity index (χ0v) is 14.8. The van der Waals surface area contributed by atoms with Gasteiger partial charge in [-0.25, -0.2) is 4.98 Å². The van der Waals surface area contributed by atoms with Crippen molar-refractivity contribution in [2.24, 2.45) is 11.1 Å². The number of nitrogens with two attached hydrogens (primary N) is 1. The molecule has 1 atom stereocenters.